The zero-order valence-corrected chi connectivity index (χ0v) is 16.0. The van der Waals surface area contributed by atoms with E-state index in [1.54, 1.807) is 5.56 Å². The van der Waals surface area contributed by atoms with E-state index in [1.165, 1.54) is 55.7 Å². The largest absolute Gasteiger partial charge is 0.359 e. The molecule has 3 aliphatic carbocycles. The Kier molecular flexibility index (Phi) is 3.80. The molecule has 1 aromatic carbocycles. The van der Waals surface area contributed by atoms with Crippen LogP contribution in [0.15, 0.2) is 46.0 Å². The highest BCUT2D eigenvalue weighted by molar-refractivity contribution is 6.01. The lowest BCUT2D eigenvalue weighted by atomic mass is 9.79. The van der Waals surface area contributed by atoms with Gasteiger partial charge in [-0.25, -0.2) is 9.98 Å². The highest BCUT2D eigenvalue weighted by Gasteiger charge is 2.47. The van der Waals surface area contributed by atoms with Gasteiger partial charge < -0.3 is 4.90 Å². The van der Waals surface area contributed by atoms with Crippen LogP contribution in [0.3, 0.4) is 0 Å². The summed E-state index contributed by atoms with van der Waals surface area (Å²) in [6.07, 6.45) is 10.0. The lowest BCUT2D eigenvalue weighted by molar-refractivity contribution is 0.371. The van der Waals surface area contributed by atoms with Gasteiger partial charge in [-0.05, 0) is 62.5 Å². The highest BCUT2D eigenvalue weighted by atomic mass is 15.2. The monoisotopic (exact) mass is 347 g/mol. The minimum atomic E-state index is 0.183. The molecule has 0 bridgehead atoms. The third-order valence-corrected chi connectivity index (χ3v) is 6.62. The lowest BCUT2D eigenvalue weighted by Crippen LogP contribution is -2.40. The Labute approximate surface area is 156 Å². The molecule has 136 valence electrons. The molecule has 1 heterocycles. The molecule has 1 fully saturated rings. The summed E-state index contributed by atoms with van der Waals surface area (Å²) in [6, 6.07) is 9.04. The van der Waals surface area contributed by atoms with Gasteiger partial charge in [-0.2, -0.15) is 0 Å². The van der Waals surface area contributed by atoms with Crippen molar-refractivity contribution in [3.05, 3.63) is 47.2 Å². The van der Waals surface area contributed by atoms with E-state index in [-0.39, 0.29) is 5.41 Å². The summed E-state index contributed by atoms with van der Waals surface area (Å²) in [7, 11) is 0. The molecule has 1 aromatic rings. The normalized spacial score (nSPS) is 29.2. The molecule has 1 saturated carbocycles. The number of aliphatic imine (C=N–C) groups is 2. The van der Waals surface area contributed by atoms with Crippen LogP contribution in [0.4, 0.5) is 0 Å². The maximum Gasteiger partial charge on any atom is 0.127 e. The Bertz CT molecular complexity index is 814. The zero-order chi connectivity index (χ0) is 17.7. The third kappa shape index (κ3) is 2.64. The van der Waals surface area contributed by atoms with Gasteiger partial charge in [0.1, 0.15) is 11.7 Å². The molecule has 2 unspecified atom stereocenters. The van der Waals surface area contributed by atoms with Crippen molar-refractivity contribution < 1.29 is 0 Å². The zero-order valence-electron chi connectivity index (χ0n) is 16.0. The van der Waals surface area contributed by atoms with E-state index >= 15 is 0 Å². The first-order valence-electron chi connectivity index (χ1n) is 10.4. The first kappa shape index (κ1) is 16.3. The molecule has 0 aromatic heterocycles. The molecule has 0 N–H and O–H groups in total. The Morgan fingerprint density at radius 3 is 2.85 bits per heavy atom. The molecule has 26 heavy (non-hydrogen) atoms. The molecule has 0 amide bonds. The van der Waals surface area contributed by atoms with Gasteiger partial charge in [-0.1, -0.05) is 37.3 Å². The van der Waals surface area contributed by atoms with Crippen LogP contribution in [0.2, 0.25) is 0 Å². The van der Waals surface area contributed by atoms with E-state index in [9.17, 15) is 0 Å². The predicted molar refractivity (Wildman–Crippen MR) is 108 cm³/mol. The second-order valence-electron chi connectivity index (χ2n) is 8.66. The second-order valence-corrected chi connectivity index (χ2v) is 8.66. The molecule has 2 atom stereocenters. The summed E-state index contributed by atoms with van der Waals surface area (Å²) in [6.45, 7) is 6.65. The van der Waals surface area contributed by atoms with Gasteiger partial charge in [-0.3, -0.25) is 0 Å². The number of hydrogen-bond donors (Lipinski definition) is 0. The van der Waals surface area contributed by atoms with E-state index in [1.807, 2.05) is 0 Å². The van der Waals surface area contributed by atoms with E-state index in [0.717, 1.165) is 24.7 Å². The first-order chi connectivity index (χ1) is 12.7. The fraction of sp³-hybridized carbons (Fsp3) is 0.565. The highest BCUT2D eigenvalue weighted by Crippen LogP contribution is 2.52. The van der Waals surface area contributed by atoms with Crippen molar-refractivity contribution in [1.82, 2.24) is 4.90 Å². The van der Waals surface area contributed by atoms with Crippen LogP contribution in [0.25, 0.3) is 0 Å². The molecular formula is C23H29N3. The molecule has 3 heteroatoms. The first-order valence-corrected chi connectivity index (χ1v) is 10.4. The van der Waals surface area contributed by atoms with Crippen molar-refractivity contribution in [2.75, 3.05) is 13.1 Å². The Morgan fingerprint density at radius 1 is 1.19 bits per heavy atom. The van der Waals surface area contributed by atoms with Crippen molar-refractivity contribution in [3.8, 4) is 0 Å². The number of benzene rings is 1. The molecule has 3 nitrogen and oxygen atoms in total. The predicted octanol–water partition coefficient (Wildman–Crippen LogP) is 4.73. The third-order valence-electron chi connectivity index (χ3n) is 6.62. The van der Waals surface area contributed by atoms with E-state index in [4.69, 9.17) is 9.98 Å². The standard InChI is InChI=1S/C23H29N3/c1-3-12-26(15-17-8-9-17)22-19-13-23(14-21(19)24-16(2)25-22)11-10-18-6-4-5-7-20(18)23/h4-7,14,17,19H,3,8-13,15H2,1-2H3. The van der Waals surface area contributed by atoms with Gasteiger partial charge in [-0.15, -0.1) is 0 Å². The van der Waals surface area contributed by atoms with Crippen molar-refractivity contribution in [2.24, 2.45) is 21.8 Å². The SMILES string of the molecule is CCCN(CC1CC1)C1=NC(C)=NC2=CC3(CCc4ccccc43)CC21. The van der Waals surface area contributed by atoms with Gasteiger partial charge in [0.15, 0.2) is 0 Å². The fourth-order valence-corrected chi connectivity index (χ4v) is 5.25. The molecule has 0 saturated heterocycles. The smallest absolute Gasteiger partial charge is 0.127 e. The molecule has 5 rings (SSSR count). The number of fused-ring (bicyclic) bond motifs is 3. The summed E-state index contributed by atoms with van der Waals surface area (Å²) in [5, 5.41) is 0. The Balaban J connectivity index is 1.50. The summed E-state index contributed by atoms with van der Waals surface area (Å²) >= 11 is 0. The van der Waals surface area contributed by atoms with E-state index in [0.29, 0.717) is 5.92 Å². The maximum absolute atomic E-state index is 4.99. The number of nitrogens with zero attached hydrogens (tertiary/aromatic N) is 3. The van der Waals surface area contributed by atoms with E-state index in [2.05, 4.69) is 49.1 Å². The fourth-order valence-electron chi connectivity index (χ4n) is 5.25. The van der Waals surface area contributed by atoms with Gasteiger partial charge >= 0.3 is 0 Å². The minimum Gasteiger partial charge on any atom is -0.359 e. The quantitative estimate of drug-likeness (QED) is 0.774. The van der Waals surface area contributed by atoms with Crippen LogP contribution < -0.4 is 0 Å². The van der Waals surface area contributed by atoms with Crippen LogP contribution in [0.1, 0.15) is 57.1 Å². The number of amidine groups is 2. The molecule has 1 aliphatic heterocycles. The number of hydrogen-bond acceptors (Lipinski definition) is 3. The average Bonchev–Trinajstić information content (AvgIpc) is 3.28. The average molecular weight is 348 g/mol. The number of aryl methyl sites for hydroxylation is 1. The molecule has 0 radical (unpaired) electrons. The van der Waals surface area contributed by atoms with Crippen LogP contribution in [0.5, 0.6) is 0 Å². The number of allylic oxidation sites excluding steroid dienone is 1. The Hall–Kier alpha value is -1.90. The lowest BCUT2D eigenvalue weighted by Gasteiger charge is -2.33. The van der Waals surface area contributed by atoms with Crippen LogP contribution >= 0.6 is 0 Å². The van der Waals surface area contributed by atoms with Crippen LogP contribution in [-0.2, 0) is 11.8 Å². The van der Waals surface area contributed by atoms with Gasteiger partial charge in [0, 0.05) is 18.5 Å². The van der Waals surface area contributed by atoms with E-state index < -0.39 is 0 Å². The van der Waals surface area contributed by atoms with Gasteiger partial charge in [0.25, 0.3) is 0 Å². The number of rotatable bonds is 4. The van der Waals surface area contributed by atoms with Crippen molar-refractivity contribution in [3.63, 3.8) is 0 Å². The van der Waals surface area contributed by atoms with Gasteiger partial charge in [0.2, 0.25) is 0 Å². The summed E-state index contributed by atoms with van der Waals surface area (Å²) in [5.41, 5.74) is 4.54. The van der Waals surface area contributed by atoms with Gasteiger partial charge in [0.05, 0.1) is 11.6 Å². The molecular weight excluding hydrogens is 318 g/mol. The molecule has 1 spiro atoms. The summed E-state index contributed by atoms with van der Waals surface area (Å²) < 4.78 is 0. The van der Waals surface area contributed by atoms with Crippen LogP contribution in [0, 0.1) is 11.8 Å². The Morgan fingerprint density at radius 2 is 2.04 bits per heavy atom. The minimum absolute atomic E-state index is 0.183. The maximum atomic E-state index is 4.99. The summed E-state index contributed by atoms with van der Waals surface area (Å²) in [4.78, 5) is 12.5. The van der Waals surface area contributed by atoms with Crippen LogP contribution in [-0.4, -0.2) is 29.7 Å². The topological polar surface area (TPSA) is 28.0 Å². The van der Waals surface area contributed by atoms with Crippen molar-refractivity contribution >= 4 is 11.7 Å². The van der Waals surface area contributed by atoms with Crippen molar-refractivity contribution in [2.45, 2.75) is 57.8 Å². The summed E-state index contributed by atoms with van der Waals surface area (Å²) in [5.74, 6) is 3.51. The van der Waals surface area contributed by atoms with Crippen molar-refractivity contribution in [1.29, 1.82) is 0 Å². The second kappa shape index (κ2) is 6.07. The molecule has 4 aliphatic rings.